The zero-order valence-electron chi connectivity index (χ0n) is 16.5. The van der Waals surface area contributed by atoms with Crippen molar-refractivity contribution < 1.29 is 35.1 Å². The molecule has 33 heavy (non-hydrogen) atoms. The van der Waals surface area contributed by atoms with E-state index < -0.39 is 74.5 Å². The maximum atomic E-state index is 15.2. The Kier molecular flexibility index (Phi) is 5.74. The second kappa shape index (κ2) is 8.39. The average molecular weight is 463 g/mol. The Morgan fingerprint density at radius 2 is 0.455 bits per heavy atom. The molecule has 0 spiro atoms. The van der Waals surface area contributed by atoms with Crippen molar-refractivity contribution in [2.24, 2.45) is 0 Å². The SMILES string of the molecule is Fc1cccc(F)c1[B-](c1c(F)cccc1F)(c1c(F)cccc1F)c1c(F)cccc1F. The van der Waals surface area contributed by atoms with E-state index in [0.29, 0.717) is 48.5 Å². The number of halogens is 8. The van der Waals surface area contributed by atoms with Crippen molar-refractivity contribution >= 4 is 28.0 Å². The minimum atomic E-state index is -4.42. The summed E-state index contributed by atoms with van der Waals surface area (Å²) in [4.78, 5) is 0. The van der Waals surface area contributed by atoms with Crippen LogP contribution in [0.2, 0.25) is 0 Å². The Balaban J connectivity index is 2.44. The molecule has 0 aromatic heterocycles. The zero-order valence-corrected chi connectivity index (χ0v) is 16.5. The minimum Gasteiger partial charge on any atom is -0.210 e. The van der Waals surface area contributed by atoms with Crippen LogP contribution in [-0.4, -0.2) is 6.15 Å². The lowest BCUT2D eigenvalue weighted by Crippen LogP contribution is -2.80. The fourth-order valence-electron chi connectivity index (χ4n) is 4.56. The lowest BCUT2D eigenvalue weighted by atomic mass is 9.12. The topological polar surface area (TPSA) is 0 Å². The summed E-state index contributed by atoms with van der Waals surface area (Å²) in [5.41, 5.74) is -5.19. The molecule has 0 bridgehead atoms. The van der Waals surface area contributed by atoms with Gasteiger partial charge >= 0.3 is 0 Å². The number of hydrogen-bond donors (Lipinski definition) is 0. The fraction of sp³-hybridized carbons (Fsp3) is 0. The first-order valence-corrected chi connectivity index (χ1v) is 9.64. The van der Waals surface area contributed by atoms with Gasteiger partial charge in [0, 0.05) is 0 Å². The molecule has 4 rings (SSSR count). The molecule has 0 N–H and O–H groups in total. The molecule has 9 heteroatoms. The monoisotopic (exact) mass is 463 g/mol. The van der Waals surface area contributed by atoms with Crippen LogP contribution < -0.4 is 21.9 Å². The Labute approximate surface area is 183 Å². The van der Waals surface area contributed by atoms with Crippen molar-refractivity contribution in [3.05, 3.63) is 119 Å². The normalized spacial score (nSPS) is 11.6. The molecule has 0 aliphatic carbocycles. The molecule has 0 nitrogen and oxygen atoms in total. The first kappa shape index (κ1) is 22.6. The minimum absolute atomic E-state index is 0.658. The Bertz CT molecular complexity index is 1080. The first-order chi connectivity index (χ1) is 15.7. The number of hydrogen-bond acceptors (Lipinski definition) is 0. The van der Waals surface area contributed by atoms with Gasteiger partial charge in [-0.05, 0) is 48.5 Å². The van der Waals surface area contributed by atoms with Crippen LogP contribution in [0.15, 0.2) is 72.8 Å². The molecule has 0 radical (unpaired) electrons. The molecule has 0 atom stereocenters. The molecule has 0 fully saturated rings. The third kappa shape index (κ3) is 3.39. The van der Waals surface area contributed by atoms with E-state index in [-0.39, 0.29) is 0 Å². The fourth-order valence-corrected chi connectivity index (χ4v) is 4.56. The largest absolute Gasteiger partial charge is 0.210 e. The van der Waals surface area contributed by atoms with E-state index in [1.165, 1.54) is 0 Å². The second-order valence-corrected chi connectivity index (χ2v) is 7.41. The highest BCUT2D eigenvalue weighted by Gasteiger charge is 2.45. The van der Waals surface area contributed by atoms with E-state index in [9.17, 15) is 0 Å². The summed E-state index contributed by atoms with van der Waals surface area (Å²) in [7, 11) is 0. The van der Waals surface area contributed by atoms with E-state index in [2.05, 4.69) is 0 Å². The van der Waals surface area contributed by atoms with E-state index in [4.69, 9.17) is 0 Å². The predicted octanol–water partition coefficient (Wildman–Crippen LogP) is 4.18. The van der Waals surface area contributed by atoms with Gasteiger partial charge in [-0.3, -0.25) is 0 Å². The van der Waals surface area contributed by atoms with Gasteiger partial charge in [0.1, 0.15) is 6.15 Å². The van der Waals surface area contributed by atoms with Gasteiger partial charge in [-0.15, -0.1) is 21.9 Å². The molecule has 168 valence electrons. The molecule has 0 heterocycles. The molecule has 4 aromatic carbocycles. The summed E-state index contributed by atoms with van der Waals surface area (Å²) in [5.74, 6) is -12.1. The van der Waals surface area contributed by atoms with Crippen LogP contribution in [0.3, 0.4) is 0 Å². The number of benzene rings is 4. The van der Waals surface area contributed by atoms with Crippen molar-refractivity contribution in [3.63, 3.8) is 0 Å². The molecule has 0 aliphatic heterocycles. The van der Waals surface area contributed by atoms with Crippen molar-refractivity contribution in [3.8, 4) is 0 Å². The molecule has 0 amide bonds. The van der Waals surface area contributed by atoms with Gasteiger partial charge in [0.15, 0.2) is 0 Å². The summed E-state index contributed by atoms with van der Waals surface area (Å²) in [6, 6.07) is 8.83. The lowest BCUT2D eigenvalue weighted by molar-refractivity contribution is 0.582. The summed E-state index contributed by atoms with van der Waals surface area (Å²) in [6.45, 7) is 0. The Hall–Kier alpha value is -3.62. The highest BCUT2D eigenvalue weighted by atomic mass is 19.2. The Morgan fingerprint density at radius 3 is 0.606 bits per heavy atom. The van der Waals surface area contributed by atoms with Gasteiger partial charge < -0.3 is 0 Å². The first-order valence-electron chi connectivity index (χ1n) is 9.64. The van der Waals surface area contributed by atoms with Crippen molar-refractivity contribution in [1.82, 2.24) is 0 Å². The molecular weight excluding hydrogens is 451 g/mol. The van der Waals surface area contributed by atoms with E-state index in [1.807, 2.05) is 0 Å². The maximum Gasteiger partial charge on any atom is 0.136 e. The molecule has 4 aromatic rings. The van der Waals surface area contributed by atoms with Gasteiger partial charge in [-0.25, -0.2) is 35.1 Å². The predicted molar refractivity (Wildman–Crippen MR) is 110 cm³/mol. The van der Waals surface area contributed by atoms with Crippen LogP contribution in [0.4, 0.5) is 35.1 Å². The van der Waals surface area contributed by atoms with Crippen LogP contribution in [0.25, 0.3) is 0 Å². The van der Waals surface area contributed by atoms with Gasteiger partial charge in [-0.1, -0.05) is 24.3 Å². The summed E-state index contributed by atoms with van der Waals surface area (Å²) >= 11 is 0. The van der Waals surface area contributed by atoms with Gasteiger partial charge in [-0.2, -0.15) is 0 Å². The van der Waals surface area contributed by atoms with Crippen LogP contribution >= 0.6 is 0 Å². The van der Waals surface area contributed by atoms with E-state index in [1.54, 1.807) is 0 Å². The molecule has 0 saturated heterocycles. The van der Waals surface area contributed by atoms with Crippen molar-refractivity contribution in [1.29, 1.82) is 0 Å². The molecule has 0 unspecified atom stereocenters. The zero-order chi connectivity index (χ0) is 23.9. The third-order valence-corrected chi connectivity index (χ3v) is 5.73. The van der Waals surface area contributed by atoms with E-state index >= 15 is 35.1 Å². The van der Waals surface area contributed by atoms with Crippen molar-refractivity contribution in [2.75, 3.05) is 0 Å². The molecule has 0 aliphatic rings. The lowest BCUT2D eigenvalue weighted by Gasteiger charge is -2.44. The number of rotatable bonds is 4. The van der Waals surface area contributed by atoms with Gasteiger partial charge in [0.05, 0.1) is 46.5 Å². The summed E-state index contributed by atoms with van der Waals surface area (Å²) < 4.78 is 122. The van der Waals surface area contributed by atoms with Gasteiger partial charge in [0.25, 0.3) is 0 Å². The smallest absolute Gasteiger partial charge is 0.136 e. The Morgan fingerprint density at radius 1 is 0.303 bits per heavy atom. The standard InChI is InChI=1S/C24H12BF8/c26-13-5-1-6-14(27)21(13)25(22-15(28)7-2-8-16(22)29,23-17(30)9-3-10-18(23)31)24-19(32)11-4-12-20(24)33/h1-12H/q-1. The quantitative estimate of drug-likeness (QED) is 0.315. The van der Waals surface area contributed by atoms with Crippen LogP contribution in [0, 0.1) is 46.5 Å². The highest BCUT2D eigenvalue weighted by molar-refractivity contribution is 7.20. The molecule has 0 saturated carbocycles. The second-order valence-electron chi connectivity index (χ2n) is 7.41. The maximum absolute atomic E-state index is 15.2. The van der Waals surface area contributed by atoms with Crippen LogP contribution in [-0.2, 0) is 0 Å². The van der Waals surface area contributed by atoms with Crippen molar-refractivity contribution in [2.45, 2.75) is 0 Å². The third-order valence-electron chi connectivity index (χ3n) is 5.73. The average Bonchev–Trinajstić information content (AvgIpc) is 2.73. The van der Waals surface area contributed by atoms with Gasteiger partial charge in [0.2, 0.25) is 0 Å². The van der Waals surface area contributed by atoms with Crippen LogP contribution in [0.1, 0.15) is 0 Å². The summed E-state index contributed by atoms with van der Waals surface area (Å²) in [5, 5.41) is 0. The molecular formula is C24H12BF8-. The highest BCUT2D eigenvalue weighted by Crippen LogP contribution is 2.21. The van der Waals surface area contributed by atoms with E-state index in [0.717, 1.165) is 24.3 Å². The van der Waals surface area contributed by atoms with Crippen LogP contribution in [0.5, 0.6) is 0 Å². The summed E-state index contributed by atoms with van der Waals surface area (Å²) in [6.07, 6.45) is -4.42.